The van der Waals surface area contributed by atoms with Crippen LogP contribution in [0.4, 0.5) is 5.69 Å². The molecule has 6 heteroatoms. The first-order valence-electron chi connectivity index (χ1n) is 5.68. The average molecular weight is 306 g/mol. The number of carboxylic acids is 1. The molecular weight excluding hydrogens is 298 g/mol. The number of nitrogens with zero attached hydrogens (tertiary/aromatic N) is 1. The number of carboxylic acid groups (broad SMARTS) is 1. The van der Waals surface area contributed by atoms with Crippen LogP contribution in [0.15, 0.2) is 41.4 Å². The molecule has 4 nitrogen and oxygen atoms in total. The van der Waals surface area contributed by atoms with Gasteiger partial charge in [-0.25, -0.2) is 9.79 Å². The minimum atomic E-state index is -1.06. The lowest BCUT2D eigenvalue weighted by molar-refractivity contribution is -0.131. The van der Waals surface area contributed by atoms with E-state index in [2.05, 4.69) is 4.99 Å². The zero-order chi connectivity index (χ0) is 14.3. The highest BCUT2D eigenvalue weighted by Gasteiger charge is 2.23. The maximum atomic E-state index is 11.1. The Morgan fingerprint density at radius 1 is 1.30 bits per heavy atom. The summed E-state index contributed by atoms with van der Waals surface area (Å²) in [5.41, 5.74) is 2.12. The number of rotatable bonds is 1. The Kier molecular flexibility index (Phi) is 3.08. The summed E-state index contributed by atoms with van der Waals surface area (Å²) >= 11 is 7.19. The van der Waals surface area contributed by atoms with Crippen molar-refractivity contribution in [2.24, 2.45) is 4.99 Å². The maximum Gasteiger partial charge on any atom is 0.328 e. The third-order valence-corrected chi connectivity index (χ3v) is 4.17. The molecule has 0 saturated carbocycles. The van der Waals surface area contributed by atoms with Crippen LogP contribution in [0.2, 0.25) is 4.34 Å². The summed E-state index contributed by atoms with van der Waals surface area (Å²) in [6, 6.07) is 8.65. The maximum absolute atomic E-state index is 11.1. The number of hydrogen-bond acceptors (Lipinski definition) is 3. The van der Waals surface area contributed by atoms with E-state index in [0.717, 1.165) is 6.08 Å². The largest absolute Gasteiger partial charge is 0.493 e. The molecule has 2 aromatic rings. The van der Waals surface area contributed by atoms with Crippen molar-refractivity contribution in [3.05, 3.63) is 56.7 Å². The number of aliphatic hydroxyl groups excluding tert-OH is 1. The van der Waals surface area contributed by atoms with Gasteiger partial charge in [0.2, 0.25) is 5.90 Å². The molecule has 0 unspecified atom stereocenters. The zero-order valence-electron chi connectivity index (χ0n) is 10.0. The topological polar surface area (TPSA) is 69.9 Å². The Labute approximate surface area is 123 Å². The molecule has 0 atom stereocenters. The summed E-state index contributed by atoms with van der Waals surface area (Å²) in [4.78, 5) is 15.8. The van der Waals surface area contributed by atoms with Gasteiger partial charge in [-0.1, -0.05) is 29.8 Å². The lowest BCUT2D eigenvalue weighted by Crippen LogP contribution is -1.98. The molecule has 3 rings (SSSR count). The molecule has 0 aliphatic carbocycles. The van der Waals surface area contributed by atoms with Crippen molar-refractivity contribution >= 4 is 46.1 Å². The summed E-state index contributed by atoms with van der Waals surface area (Å²) < 4.78 is 0.465. The van der Waals surface area contributed by atoms with Gasteiger partial charge in [0, 0.05) is 22.1 Å². The summed E-state index contributed by atoms with van der Waals surface area (Å²) in [5, 5.41) is 19.2. The minimum absolute atomic E-state index is 0.163. The molecule has 1 aromatic heterocycles. The molecule has 1 aliphatic heterocycles. The van der Waals surface area contributed by atoms with Crippen molar-refractivity contribution in [1.82, 2.24) is 0 Å². The first-order valence-corrected chi connectivity index (χ1v) is 6.87. The Balaban J connectivity index is 2.37. The Morgan fingerprint density at radius 2 is 2.05 bits per heavy atom. The van der Waals surface area contributed by atoms with Crippen molar-refractivity contribution < 1.29 is 15.0 Å². The van der Waals surface area contributed by atoms with E-state index >= 15 is 0 Å². The lowest BCUT2D eigenvalue weighted by atomic mass is 10.0. The third kappa shape index (κ3) is 2.11. The predicted octanol–water partition coefficient (Wildman–Crippen LogP) is 3.87. The highest BCUT2D eigenvalue weighted by atomic mass is 35.5. The molecule has 0 radical (unpaired) electrons. The van der Waals surface area contributed by atoms with Gasteiger partial charge in [0.05, 0.1) is 15.6 Å². The monoisotopic (exact) mass is 305 g/mol. The van der Waals surface area contributed by atoms with Crippen LogP contribution >= 0.6 is 22.9 Å². The fourth-order valence-electron chi connectivity index (χ4n) is 2.09. The van der Waals surface area contributed by atoms with Crippen LogP contribution in [0.1, 0.15) is 16.0 Å². The second-order valence-electron chi connectivity index (χ2n) is 4.14. The van der Waals surface area contributed by atoms with Gasteiger partial charge >= 0.3 is 5.97 Å². The number of thiophene rings is 1. The normalized spacial score (nSPS) is 15.2. The van der Waals surface area contributed by atoms with Crippen LogP contribution in [0, 0.1) is 0 Å². The van der Waals surface area contributed by atoms with E-state index in [-0.39, 0.29) is 5.90 Å². The highest BCUT2D eigenvalue weighted by Crippen LogP contribution is 2.41. The molecule has 2 N–H and O–H groups in total. The van der Waals surface area contributed by atoms with Gasteiger partial charge in [0.15, 0.2) is 0 Å². The number of carbonyl (C=O) groups is 1. The fraction of sp³-hybridized carbons (Fsp3) is 0. The summed E-state index contributed by atoms with van der Waals surface area (Å²) in [5.74, 6) is -1.23. The lowest BCUT2D eigenvalue weighted by Gasteiger charge is -2.06. The Morgan fingerprint density at radius 3 is 2.80 bits per heavy atom. The number of fused-ring (bicyclic) bond motifs is 2. The van der Waals surface area contributed by atoms with Crippen LogP contribution in [0.3, 0.4) is 0 Å². The first-order chi connectivity index (χ1) is 9.56. The molecule has 0 saturated heterocycles. The molecule has 100 valence electrons. The van der Waals surface area contributed by atoms with Crippen LogP contribution in [0.25, 0.3) is 5.57 Å². The van der Waals surface area contributed by atoms with E-state index in [0.29, 0.717) is 31.6 Å². The number of para-hydroxylation sites is 1. The quantitative estimate of drug-likeness (QED) is 0.786. The Hall–Kier alpha value is -2.11. The van der Waals surface area contributed by atoms with E-state index in [4.69, 9.17) is 16.7 Å². The highest BCUT2D eigenvalue weighted by molar-refractivity contribution is 7.17. The second kappa shape index (κ2) is 4.77. The van der Waals surface area contributed by atoms with Gasteiger partial charge < -0.3 is 10.2 Å². The van der Waals surface area contributed by atoms with E-state index in [1.807, 2.05) is 0 Å². The van der Waals surface area contributed by atoms with Gasteiger partial charge in [-0.3, -0.25) is 0 Å². The van der Waals surface area contributed by atoms with Crippen LogP contribution < -0.4 is 0 Å². The van der Waals surface area contributed by atoms with Crippen molar-refractivity contribution in [2.45, 2.75) is 0 Å². The smallest absolute Gasteiger partial charge is 0.328 e. The Bertz CT molecular complexity index is 776. The number of hydrogen-bond donors (Lipinski definition) is 2. The molecule has 0 spiro atoms. The minimum Gasteiger partial charge on any atom is -0.493 e. The molecular formula is C14H8ClNO3S. The van der Waals surface area contributed by atoms with Crippen molar-refractivity contribution in [3.8, 4) is 0 Å². The summed E-state index contributed by atoms with van der Waals surface area (Å²) in [7, 11) is 0. The molecule has 20 heavy (non-hydrogen) atoms. The summed E-state index contributed by atoms with van der Waals surface area (Å²) in [6.07, 6.45) is 1.11. The zero-order valence-corrected chi connectivity index (χ0v) is 11.6. The van der Waals surface area contributed by atoms with Crippen LogP contribution in [-0.4, -0.2) is 22.1 Å². The van der Waals surface area contributed by atoms with Crippen LogP contribution in [-0.2, 0) is 4.79 Å². The standard InChI is InChI=1S/C14H8ClNO3S/c15-11-5-9-13(20-11)8(6-12(17)18)7-3-1-2-4-10(7)16-14(9)19/h1-6H,(H,16,19)(H,17,18)/b8-6-. The van der Waals surface area contributed by atoms with Gasteiger partial charge in [0.25, 0.3) is 0 Å². The molecule has 2 heterocycles. The van der Waals surface area contributed by atoms with Gasteiger partial charge in [-0.15, -0.1) is 11.3 Å². The number of aliphatic carboxylic acids is 1. The van der Waals surface area contributed by atoms with Gasteiger partial charge in [0.1, 0.15) is 0 Å². The molecule has 0 bridgehead atoms. The molecule has 1 aromatic carbocycles. The van der Waals surface area contributed by atoms with E-state index in [1.54, 1.807) is 30.3 Å². The van der Waals surface area contributed by atoms with E-state index < -0.39 is 5.97 Å². The fourth-order valence-corrected chi connectivity index (χ4v) is 3.34. The number of benzene rings is 1. The number of halogens is 1. The van der Waals surface area contributed by atoms with Crippen molar-refractivity contribution in [3.63, 3.8) is 0 Å². The van der Waals surface area contributed by atoms with Gasteiger partial charge in [-0.05, 0) is 12.1 Å². The molecule has 0 fully saturated rings. The van der Waals surface area contributed by atoms with E-state index in [9.17, 15) is 9.90 Å². The molecule has 0 amide bonds. The first kappa shape index (κ1) is 12.9. The van der Waals surface area contributed by atoms with Crippen LogP contribution in [0.5, 0.6) is 0 Å². The van der Waals surface area contributed by atoms with Crippen molar-refractivity contribution in [1.29, 1.82) is 0 Å². The average Bonchev–Trinajstić information content (AvgIpc) is 2.74. The summed E-state index contributed by atoms with van der Waals surface area (Å²) in [6.45, 7) is 0. The number of aliphatic imine (C=N–C) groups is 1. The van der Waals surface area contributed by atoms with Gasteiger partial charge in [-0.2, -0.15) is 0 Å². The second-order valence-corrected chi connectivity index (χ2v) is 5.83. The van der Waals surface area contributed by atoms with Crippen molar-refractivity contribution in [2.75, 3.05) is 0 Å². The molecule has 1 aliphatic rings. The SMILES string of the molecule is O=C(O)/C=C1/c2ccccc2N=C(O)c2cc(Cl)sc21. The predicted molar refractivity (Wildman–Crippen MR) is 79.3 cm³/mol. The number of aliphatic hydroxyl groups is 1. The third-order valence-electron chi connectivity index (χ3n) is 2.88. The van der Waals surface area contributed by atoms with E-state index in [1.165, 1.54) is 11.3 Å².